The Labute approximate surface area is 149 Å². The molecule has 0 N–H and O–H groups in total. The first kappa shape index (κ1) is 15.8. The monoisotopic (exact) mass is 353 g/mol. The molecular weight excluding hydrogens is 338 g/mol. The number of benzene rings is 1. The molecule has 0 bridgehead atoms. The molecule has 0 atom stereocenters. The van der Waals surface area contributed by atoms with E-state index in [9.17, 15) is 4.79 Å². The van der Waals surface area contributed by atoms with E-state index in [0.29, 0.717) is 5.02 Å². The number of carbonyl (C=O) groups excluding carboxylic acids is 1. The molecule has 5 nitrogen and oxygen atoms in total. The fourth-order valence-corrected chi connectivity index (χ4v) is 2.76. The van der Waals surface area contributed by atoms with Crippen LogP contribution in [0.2, 0.25) is 5.02 Å². The fourth-order valence-electron chi connectivity index (χ4n) is 2.63. The lowest BCUT2D eigenvalue weighted by molar-refractivity contribution is -0.145. The van der Waals surface area contributed by atoms with Crippen LogP contribution >= 0.6 is 11.6 Å². The number of hydrogen-bond acceptors (Lipinski definition) is 4. The zero-order valence-corrected chi connectivity index (χ0v) is 14.4. The highest BCUT2D eigenvalue weighted by Gasteiger charge is 2.31. The topological polar surface area (TPSA) is 56.0 Å². The van der Waals surface area contributed by atoms with Crippen molar-refractivity contribution in [2.24, 2.45) is 11.1 Å². The molecule has 1 aliphatic carbocycles. The molecule has 2 aromatic heterocycles. The molecule has 1 fully saturated rings. The van der Waals surface area contributed by atoms with Gasteiger partial charge in [-0.2, -0.15) is 0 Å². The quantitative estimate of drug-likeness (QED) is 0.400. The van der Waals surface area contributed by atoms with Gasteiger partial charge >= 0.3 is 5.97 Å². The van der Waals surface area contributed by atoms with E-state index in [1.165, 1.54) is 0 Å². The molecule has 1 aromatic carbocycles. The Hall–Kier alpha value is -2.66. The predicted molar refractivity (Wildman–Crippen MR) is 96.8 cm³/mol. The summed E-state index contributed by atoms with van der Waals surface area (Å²) in [5.41, 5.74) is 4.35. The average molecular weight is 354 g/mol. The van der Waals surface area contributed by atoms with E-state index in [4.69, 9.17) is 21.4 Å². The minimum atomic E-state index is -0.269. The van der Waals surface area contributed by atoms with E-state index in [-0.39, 0.29) is 11.9 Å². The molecule has 0 saturated heterocycles. The van der Waals surface area contributed by atoms with E-state index in [1.54, 1.807) is 6.21 Å². The summed E-state index contributed by atoms with van der Waals surface area (Å²) in [4.78, 5) is 21.4. The molecule has 2 heterocycles. The Bertz CT molecular complexity index is 972. The molecule has 6 heteroatoms. The minimum Gasteiger partial charge on any atom is -0.318 e. The number of oxime groups is 1. The van der Waals surface area contributed by atoms with Gasteiger partial charge in [0, 0.05) is 16.8 Å². The molecule has 0 unspecified atom stereocenters. The molecule has 1 aliphatic rings. The maximum atomic E-state index is 11.7. The molecule has 126 valence electrons. The number of carbonyl (C=O) groups is 1. The third-order valence-corrected chi connectivity index (χ3v) is 4.42. The summed E-state index contributed by atoms with van der Waals surface area (Å²) in [6.45, 7) is 2.02. The van der Waals surface area contributed by atoms with E-state index in [1.807, 2.05) is 53.9 Å². The highest BCUT2D eigenvalue weighted by atomic mass is 35.5. The number of aromatic nitrogens is 2. The van der Waals surface area contributed by atoms with Crippen molar-refractivity contribution in [1.82, 2.24) is 9.38 Å². The van der Waals surface area contributed by atoms with Crippen LogP contribution < -0.4 is 0 Å². The number of fused-ring (bicyclic) bond motifs is 1. The highest BCUT2D eigenvalue weighted by molar-refractivity contribution is 6.30. The Morgan fingerprint density at radius 3 is 2.80 bits per heavy atom. The van der Waals surface area contributed by atoms with Gasteiger partial charge in [-0.25, -0.2) is 9.78 Å². The first-order chi connectivity index (χ1) is 12.1. The van der Waals surface area contributed by atoms with Gasteiger partial charge < -0.3 is 4.84 Å². The lowest BCUT2D eigenvalue weighted by Gasteiger charge is -2.01. The van der Waals surface area contributed by atoms with Crippen molar-refractivity contribution >= 4 is 29.4 Å². The second kappa shape index (κ2) is 6.33. The van der Waals surface area contributed by atoms with Crippen LogP contribution in [0.25, 0.3) is 16.9 Å². The Morgan fingerprint density at radius 1 is 1.32 bits per heavy atom. The Morgan fingerprint density at radius 2 is 2.08 bits per heavy atom. The van der Waals surface area contributed by atoms with Crippen LogP contribution in [0.4, 0.5) is 0 Å². The van der Waals surface area contributed by atoms with E-state index in [0.717, 1.165) is 41.0 Å². The smallest absolute Gasteiger partial charge is 0.318 e. The van der Waals surface area contributed by atoms with Gasteiger partial charge in [0.05, 0.1) is 23.5 Å². The van der Waals surface area contributed by atoms with E-state index >= 15 is 0 Å². The van der Waals surface area contributed by atoms with Gasteiger partial charge in [-0.1, -0.05) is 28.9 Å². The summed E-state index contributed by atoms with van der Waals surface area (Å²) in [7, 11) is 0. The van der Waals surface area contributed by atoms with Gasteiger partial charge in [0.25, 0.3) is 0 Å². The van der Waals surface area contributed by atoms with Crippen LogP contribution in [0.15, 0.2) is 47.8 Å². The van der Waals surface area contributed by atoms with Crippen molar-refractivity contribution < 1.29 is 9.63 Å². The summed E-state index contributed by atoms with van der Waals surface area (Å²) in [5.74, 6) is -0.258. The summed E-state index contributed by atoms with van der Waals surface area (Å²) in [6, 6.07) is 11.4. The number of nitrogens with zero attached hydrogens (tertiary/aromatic N) is 3. The number of aryl methyl sites for hydroxylation is 1. The molecule has 0 aliphatic heterocycles. The van der Waals surface area contributed by atoms with Crippen LogP contribution in [0.3, 0.4) is 0 Å². The van der Waals surface area contributed by atoms with Crippen LogP contribution in [0.5, 0.6) is 0 Å². The minimum absolute atomic E-state index is 0.0118. The summed E-state index contributed by atoms with van der Waals surface area (Å²) < 4.78 is 1.92. The maximum absolute atomic E-state index is 11.7. The normalized spacial score (nSPS) is 14.3. The molecule has 3 aromatic rings. The number of hydrogen-bond donors (Lipinski definition) is 0. The molecule has 0 spiro atoms. The Balaban J connectivity index is 1.76. The first-order valence-electron chi connectivity index (χ1n) is 8.11. The van der Waals surface area contributed by atoms with Crippen molar-refractivity contribution in [1.29, 1.82) is 0 Å². The standard InChI is InChI=1S/C19H16ClN3O2/c1-12-8-9-23-16(11-21-25-19(24)14-2-3-14)18(22-17(23)10-12)13-4-6-15(20)7-5-13/h4-11,14H,2-3H2,1H3/b21-11+. The van der Waals surface area contributed by atoms with E-state index < -0.39 is 0 Å². The highest BCUT2D eigenvalue weighted by Crippen LogP contribution is 2.30. The second-order valence-corrected chi connectivity index (χ2v) is 6.64. The molecule has 25 heavy (non-hydrogen) atoms. The van der Waals surface area contributed by atoms with Gasteiger partial charge in [0.15, 0.2) is 0 Å². The average Bonchev–Trinajstić information content (AvgIpc) is 3.39. The van der Waals surface area contributed by atoms with Crippen molar-refractivity contribution in [3.8, 4) is 11.3 Å². The number of rotatable bonds is 4. The number of halogens is 1. The first-order valence-corrected chi connectivity index (χ1v) is 8.48. The summed E-state index contributed by atoms with van der Waals surface area (Å²) in [6.07, 6.45) is 5.25. The molecule has 0 radical (unpaired) electrons. The third-order valence-electron chi connectivity index (χ3n) is 4.16. The van der Waals surface area contributed by atoms with Crippen LogP contribution in [-0.2, 0) is 9.63 Å². The molecule has 4 rings (SSSR count). The van der Waals surface area contributed by atoms with Crippen molar-refractivity contribution in [2.45, 2.75) is 19.8 Å². The largest absolute Gasteiger partial charge is 0.338 e. The van der Waals surface area contributed by atoms with Crippen LogP contribution in [-0.4, -0.2) is 21.6 Å². The van der Waals surface area contributed by atoms with Gasteiger partial charge in [0.1, 0.15) is 5.65 Å². The second-order valence-electron chi connectivity index (χ2n) is 6.20. The van der Waals surface area contributed by atoms with Gasteiger partial charge in [-0.3, -0.25) is 4.40 Å². The molecule has 1 saturated carbocycles. The summed E-state index contributed by atoms with van der Waals surface area (Å²) >= 11 is 5.98. The maximum Gasteiger partial charge on any atom is 0.338 e. The lowest BCUT2D eigenvalue weighted by Crippen LogP contribution is -2.02. The van der Waals surface area contributed by atoms with Gasteiger partial charge in [-0.05, 0) is 49.6 Å². The third kappa shape index (κ3) is 3.28. The predicted octanol–water partition coefficient (Wildman–Crippen LogP) is 4.25. The SMILES string of the molecule is Cc1ccn2c(/C=N/OC(=O)C3CC3)c(-c3ccc(Cl)cc3)nc2c1. The number of imidazole rings is 1. The van der Waals surface area contributed by atoms with Crippen LogP contribution in [0, 0.1) is 12.8 Å². The fraction of sp³-hybridized carbons (Fsp3) is 0.211. The lowest BCUT2D eigenvalue weighted by atomic mass is 10.1. The van der Waals surface area contributed by atoms with Gasteiger partial charge in [-0.15, -0.1) is 0 Å². The van der Waals surface area contributed by atoms with E-state index in [2.05, 4.69) is 5.16 Å². The zero-order chi connectivity index (χ0) is 17.4. The van der Waals surface area contributed by atoms with Crippen molar-refractivity contribution in [2.75, 3.05) is 0 Å². The number of pyridine rings is 1. The zero-order valence-electron chi connectivity index (χ0n) is 13.6. The van der Waals surface area contributed by atoms with Crippen molar-refractivity contribution in [3.05, 3.63) is 58.9 Å². The Kier molecular flexibility index (Phi) is 4.01. The molecular formula is C19H16ClN3O2. The summed E-state index contributed by atoms with van der Waals surface area (Å²) in [5, 5.41) is 4.55. The molecule has 0 amide bonds. The van der Waals surface area contributed by atoms with Crippen LogP contribution in [0.1, 0.15) is 24.1 Å². The van der Waals surface area contributed by atoms with Gasteiger partial charge in [0.2, 0.25) is 0 Å². The van der Waals surface area contributed by atoms with Crippen molar-refractivity contribution in [3.63, 3.8) is 0 Å².